The molecule has 4 N–H and O–H groups in total. The maximum absolute atomic E-state index is 9.32. The number of thioether (sulfide) groups is 1. The van der Waals surface area contributed by atoms with Crippen LogP contribution in [-0.2, 0) is 0 Å². The summed E-state index contributed by atoms with van der Waals surface area (Å²) in [7, 11) is 0. The third-order valence-corrected chi connectivity index (χ3v) is 8.42. The van der Waals surface area contributed by atoms with E-state index in [0.29, 0.717) is 17.1 Å². The number of aromatic amines is 1. The summed E-state index contributed by atoms with van der Waals surface area (Å²) in [6, 6.07) is 14.7. The van der Waals surface area contributed by atoms with E-state index in [1.807, 2.05) is 43.9 Å². The highest BCUT2D eigenvalue weighted by molar-refractivity contribution is 8.00. The van der Waals surface area contributed by atoms with Gasteiger partial charge in [0.05, 0.1) is 29.5 Å². The molecule has 5 rings (SSSR count). The number of fused-ring (bicyclic) bond motifs is 1. The van der Waals surface area contributed by atoms with Crippen molar-refractivity contribution in [3.8, 4) is 5.75 Å². The Morgan fingerprint density at radius 3 is 2.56 bits per heavy atom. The van der Waals surface area contributed by atoms with Crippen molar-refractivity contribution in [3.63, 3.8) is 0 Å². The molecule has 1 aliphatic heterocycles. The summed E-state index contributed by atoms with van der Waals surface area (Å²) >= 11 is 1.82. The van der Waals surface area contributed by atoms with Crippen LogP contribution >= 0.6 is 11.8 Å². The van der Waals surface area contributed by atoms with Crippen LogP contribution in [0.4, 0.5) is 23.1 Å². The minimum atomic E-state index is 0.0245. The van der Waals surface area contributed by atoms with Gasteiger partial charge in [0.25, 0.3) is 0 Å². The molecule has 3 heterocycles. The molecule has 1 fully saturated rings. The molecule has 0 amide bonds. The van der Waals surface area contributed by atoms with E-state index < -0.39 is 0 Å². The van der Waals surface area contributed by atoms with Crippen LogP contribution in [0.5, 0.6) is 5.75 Å². The van der Waals surface area contributed by atoms with Crippen molar-refractivity contribution < 1.29 is 9.84 Å². The van der Waals surface area contributed by atoms with Crippen molar-refractivity contribution in [2.45, 2.75) is 69.6 Å². The number of benzene rings is 2. The Kier molecular flexibility index (Phi) is 9.37. The molecule has 0 saturated carbocycles. The highest BCUT2D eigenvalue weighted by Crippen LogP contribution is 2.39. The molecule has 1 aliphatic rings. The molecular formula is C32H42N6O2S. The Bertz CT molecular complexity index is 1460. The summed E-state index contributed by atoms with van der Waals surface area (Å²) in [6.45, 7) is 13.6. The average Bonchev–Trinajstić information content (AvgIpc) is 3.41. The van der Waals surface area contributed by atoms with Crippen molar-refractivity contribution in [1.29, 1.82) is 0 Å². The average molecular weight is 575 g/mol. The number of likely N-dealkylation sites (tertiary alicyclic amines) is 1. The predicted molar refractivity (Wildman–Crippen MR) is 170 cm³/mol. The Balaban J connectivity index is 1.45. The quantitative estimate of drug-likeness (QED) is 0.140. The second-order valence-corrected chi connectivity index (χ2v) is 12.9. The first-order valence-corrected chi connectivity index (χ1v) is 15.5. The Labute approximate surface area is 247 Å². The molecule has 0 radical (unpaired) electrons. The zero-order valence-corrected chi connectivity index (χ0v) is 25.5. The molecule has 0 unspecified atom stereocenters. The molecule has 8 nitrogen and oxygen atoms in total. The summed E-state index contributed by atoms with van der Waals surface area (Å²) in [5.74, 6) is 2.51. The van der Waals surface area contributed by atoms with Gasteiger partial charge in [-0.05, 0) is 94.1 Å². The third-order valence-electron chi connectivity index (χ3n) is 7.34. The standard InChI is InChI=1S/C32H42N6O2S/c1-20(2)40-28-19-25(23-11-14-38(15-12-23)16-17-39)22(5)18-27(28)35-32-36-30-24(10-13-33-30)31(37-32)34-26-8-6-7-9-29(26)41-21(3)4/h6-10,13,18-21,23,39H,11-12,14-17H2,1-5H3,(H3,33,34,35,36,37). The number of hydrogen-bond acceptors (Lipinski definition) is 8. The van der Waals surface area contributed by atoms with E-state index >= 15 is 0 Å². The smallest absolute Gasteiger partial charge is 0.231 e. The summed E-state index contributed by atoms with van der Waals surface area (Å²) in [5.41, 5.74) is 5.19. The number of aliphatic hydroxyl groups is 1. The monoisotopic (exact) mass is 574 g/mol. The van der Waals surface area contributed by atoms with Crippen molar-refractivity contribution in [3.05, 3.63) is 59.8 Å². The number of aryl methyl sites for hydroxylation is 1. The van der Waals surface area contributed by atoms with E-state index in [4.69, 9.17) is 14.7 Å². The van der Waals surface area contributed by atoms with E-state index in [2.05, 4.69) is 71.6 Å². The molecule has 9 heteroatoms. The maximum atomic E-state index is 9.32. The van der Waals surface area contributed by atoms with Crippen LogP contribution < -0.4 is 15.4 Å². The number of anilines is 4. The van der Waals surface area contributed by atoms with Crippen molar-refractivity contribution in [1.82, 2.24) is 19.9 Å². The summed E-state index contributed by atoms with van der Waals surface area (Å²) < 4.78 is 6.33. The van der Waals surface area contributed by atoms with Crippen LogP contribution in [0.15, 0.2) is 53.6 Å². The molecule has 0 atom stereocenters. The lowest BCUT2D eigenvalue weighted by Crippen LogP contribution is -2.35. The van der Waals surface area contributed by atoms with Crippen molar-refractivity contribution >= 4 is 45.9 Å². The number of nitrogens with zero attached hydrogens (tertiary/aromatic N) is 3. The molecule has 0 spiro atoms. The molecule has 4 aromatic rings. The Hall–Kier alpha value is -3.27. The fraction of sp³-hybridized carbons (Fsp3) is 0.438. The summed E-state index contributed by atoms with van der Waals surface area (Å²) in [6.07, 6.45) is 4.07. The third kappa shape index (κ3) is 7.15. The van der Waals surface area contributed by atoms with Gasteiger partial charge >= 0.3 is 0 Å². The first kappa shape index (κ1) is 29.2. The Morgan fingerprint density at radius 1 is 1.05 bits per heavy atom. The van der Waals surface area contributed by atoms with Gasteiger partial charge in [0.2, 0.25) is 5.95 Å². The molecule has 1 saturated heterocycles. The lowest BCUT2D eigenvalue weighted by atomic mass is 9.86. The van der Waals surface area contributed by atoms with Crippen LogP contribution in [0.1, 0.15) is 57.6 Å². The zero-order chi connectivity index (χ0) is 28.9. The lowest BCUT2D eigenvalue weighted by molar-refractivity contribution is 0.164. The van der Waals surface area contributed by atoms with E-state index in [0.717, 1.165) is 66.5 Å². The van der Waals surface area contributed by atoms with Crippen LogP contribution in [0.25, 0.3) is 11.0 Å². The normalized spacial score (nSPS) is 14.7. The minimum Gasteiger partial charge on any atom is -0.489 e. The number of ether oxygens (including phenoxy) is 1. The highest BCUT2D eigenvalue weighted by Gasteiger charge is 2.24. The first-order chi connectivity index (χ1) is 19.8. The van der Waals surface area contributed by atoms with Gasteiger partial charge in [-0.15, -0.1) is 11.8 Å². The van der Waals surface area contributed by atoms with Gasteiger partial charge in [0, 0.05) is 22.9 Å². The second-order valence-electron chi connectivity index (χ2n) is 11.3. The molecule has 218 valence electrons. The predicted octanol–water partition coefficient (Wildman–Crippen LogP) is 7.21. The van der Waals surface area contributed by atoms with Gasteiger partial charge in [0.1, 0.15) is 17.2 Å². The highest BCUT2D eigenvalue weighted by atomic mass is 32.2. The maximum Gasteiger partial charge on any atom is 0.231 e. The minimum absolute atomic E-state index is 0.0245. The first-order valence-electron chi connectivity index (χ1n) is 14.6. The van der Waals surface area contributed by atoms with E-state index in [1.165, 1.54) is 16.0 Å². The SMILES string of the molecule is Cc1cc(Nc2nc(Nc3ccccc3SC(C)C)c3cc[nH]c3n2)c(OC(C)C)cc1C1CCN(CCO)CC1. The van der Waals surface area contributed by atoms with Crippen LogP contribution in [-0.4, -0.2) is 62.6 Å². The number of para-hydroxylation sites is 1. The fourth-order valence-electron chi connectivity index (χ4n) is 5.47. The van der Waals surface area contributed by atoms with Gasteiger partial charge in [-0.2, -0.15) is 9.97 Å². The van der Waals surface area contributed by atoms with Crippen molar-refractivity contribution in [2.24, 2.45) is 0 Å². The van der Waals surface area contributed by atoms with Crippen LogP contribution in [0.3, 0.4) is 0 Å². The number of nitrogens with one attached hydrogen (secondary N) is 3. The fourth-order valence-corrected chi connectivity index (χ4v) is 6.38. The molecular weight excluding hydrogens is 532 g/mol. The van der Waals surface area contributed by atoms with E-state index in [9.17, 15) is 5.11 Å². The van der Waals surface area contributed by atoms with Gasteiger partial charge in [0.15, 0.2) is 0 Å². The molecule has 0 bridgehead atoms. The summed E-state index contributed by atoms with van der Waals surface area (Å²) in [5, 5.41) is 17.8. The van der Waals surface area contributed by atoms with Gasteiger partial charge in [-0.1, -0.05) is 26.0 Å². The van der Waals surface area contributed by atoms with E-state index in [1.54, 1.807) is 0 Å². The lowest BCUT2D eigenvalue weighted by Gasteiger charge is -2.32. The number of H-pyrrole nitrogens is 1. The molecule has 41 heavy (non-hydrogen) atoms. The van der Waals surface area contributed by atoms with Gasteiger partial charge in [-0.25, -0.2) is 0 Å². The molecule has 2 aromatic carbocycles. The van der Waals surface area contributed by atoms with Gasteiger partial charge in [-0.3, -0.25) is 0 Å². The topological polar surface area (TPSA) is 98.3 Å². The Morgan fingerprint density at radius 2 is 1.83 bits per heavy atom. The number of piperidine rings is 1. The number of aliphatic hydroxyl groups excluding tert-OH is 1. The number of β-amino-alcohol motifs (C(OH)–C–C–N with tert-alkyl or cyclic N) is 1. The number of aromatic nitrogens is 3. The van der Waals surface area contributed by atoms with Crippen LogP contribution in [0, 0.1) is 6.92 Å². The van der Waals surface area contributed by atoms with Crippen LogP contribution in [0.2, 0.25) is 0 Å². The zero-order valence-electron chi connectivity index (χ0n) is 24.7. The molecule has 2 aromatic heterocycles. The van der Waals surface area contributed by atoms with E-state index in [-0.39, 0.29) is 12.7 Å². The molecule has 0 aliphatic carbocycles. The second kappa shape index (κ2) is 13.1. The largest absolute Gasteiger partial charge is 0.489 e. The summed E-state index contributed by atoms with van der Waals surface area (Å²) in [4.78, 5) is 16.5. The number of rotatable bonds is 11. The van der Waals surface area contributed by atoms with Crippen molar-refractivity contribution in [2.75, 3.05) is 36.9 Å². The van der Waals surface area contributed by atoms with Gasteiger partial charge < -0.3 is 30.4 Å². The number of hydrogen-bond donors (Lipinski definition) is 4.